The lowest BCUT2D eigenvalue weighted by Crippen LogP contribution is -2.37. The summed E-state index contributed by atoms with van der Waals surface area (Å²) >= 11 is 0. The molecule has 16 heavy (non-hydrogen) atoms. The standard InChI is InChI=1S/C14H24OSi/c1-5-11-16(4,12-6-2)15-14-9-7-13(3)8-10-14/h7-10H,5-6,11-12H2,1-4H3. The largest absolute Gasteiger partial charge is 0.544 e. The van der Waals surface area contributed by atoms with E-state index < -0.39 is 8.32 Å². The molecule has 0 N–H and O–H groups in total. The Bertz CT molecular complexity index is 299. The molecule has 90 valence electrons. The molecule has 1 rings (SSSR count). The van der Waals surface area contributed by atoms with E-state index in [-0.39, 0.29) is 0 Å². The predicted molar refractivity (Wildman–Crippen MR) is 73.6 cm³/mol. The first kappa shape index (κ1) is 13.3. The summed E-state index contributed by atoms with van der Waals surface area (Å²) in [6, 6.07) is 11.0. The van der Waals surface area contributed by atoms with Crippen molar-refractivity contribution in [1.29, 1.82) is 0 Å². The Labute approximate surface area is 101 Å². The zero-order valence-corrected chi connectivity index (χ0v) is 12.0. The highest BCUT2D eigenvalue weighted by Gasteiger charge is 2.28. The molecule has 2 heteroatoms. The third-order valence-corrected chi connectivity index (χ3v) is 6.79. The minimum atomic E-state index is -1.51. The summed E-state index contributed by atoms with van der Waals surface area (Å²) in [6.07, 6.45) is 2.46. The van der Waals surface area contributed by atoms with Crippen LogP contribution in [-0.2, 0) is 0 Å². The quantitative estimate of drug-likeness (QED) is 0.647. The first-order valence-corrected chi connectivity index (χ1v) is 9.17. The van der Waals surface area contributed by atoms with Crippen LogP contribution in [-0.4, -0.2) is 8.32 Å². The van der Waals surface area contributed by atoms with Gasteiger partial charge in [-0.1, -0.05) is 44.4 Å². The number of aryl methyl sites for hydroxylation is 1. The molecular weight excluding hydrogens is 212 g/mol. The van der Waals surface area contributed by atoms with E-state index in [1.165, 1.54) is 30.5 Å². The molecule has 0 unspecified atom stereocenters. The molecule has 0 aliphatic heterocycles. The monoisotopic (exact) mass is 236 g/mol. The second-order valence-corrected chi connectivity index (χ2v) is 8.97. The van der Waals surface area contributed by atoms with Gasteiger partial charge in [-0.2, -0.15) is 0 Å². The van der Waals surface area contributed by atoms with Gasteiger partial charge in [-0.3, -0.25) is 0 Å². The van der Waals surface area contributed by atoms with Gasteiger partial charge in [0.25, 0.3) is 0 Å². The maximum absolute atomic E-state index is 6.28. The van der Waals surface area contributed by atoms with Crippen molar-refractivity contribution < 1.29 is 4.43 Å². The van der Waals surface area contributed by atoms with Gasteiger partial charge in [-0.25, -0.2) is 0 Å². The predicted octanol–water partition coefficient (Wildman–Crippen LogP) is 4.77. The summed E-state index contributed by atoms with van der Waals surface area (Å²) < 4.78 is 6.28. The topological polar surface area (TPSA) is 9.23 Å². The van der Waals surface area contributed by atoms with E-state index in [0.29, 0.717) is 0 Å². The fourth-order valence-corrected chi connectivity index (χ4v) is 5.45. The molecule has 0 aliphatic carbocycles. The Morgan fingerprint density at radius 3 is 1.94 bits per heavy atom. The number of hydrogen-bond donors (Lipinski definition) is 0. The van der Waals surface area contributed by atoms with Gasteiger partial charge in [-0.05, 0) is 37.7 Å². The van der Waals surface area contributed by atoms with Gasteiger partial charge in [0.1, 0.15) is 5.75 Å². The van der Waals surface area contributed by atoms with Crippen molar-refractivity contribution in [1.82, 2.24) is 0 Å². The molecule has 0 atom stereocenters. The van der Waals surface area contributed by atoms with E-state index in [4.69, 9.17) is 4.43 Å². The van der Waals surface area contributed by atoms with E-state index in [0.717, 1.165) is 5.75 Å². The molecule has 0 saturated heterocycles. The number of hydrogen-bond acceptors (Lipinski definition) is 1. The fraction of sp³-hybridized carbons (Fsp3) is 0.571. The van der Waals surface area contributed by atoms with Crippen molar-refractivity contribution in [3.05, 3.63) is 29.8 Å². The van der Waals surface area contributed by atoms with E-state index in [2.05, 4.69) is 51.6 Å². The van der Waals surface area contributed by atoms with Crippen molar-refractivity contribution in [3.63, 3.8) is 0 Å². The molecule has 0 heterocycles. The average molecular weight is 236 g/mol. The van der Waals surface area contributed by atoms with Crippen LogP contribution >= 0.6 is 0 Å². The molecule has 0 aliphatic rings. The summed E-state index contributed by atoms with van der Waals surface area (Å²) in [5, 5.41) is 0. The van der Waals surface area contributed by atoms with Crippen LogP contribution in [0.2, 0.25) is 18.6 Å². The van der Waals surface area contributed by atoms with E-state index >= 15 is 0 Å². The van der Waals surface area contributed by atoms with Crippen molar-refractivity contribution in [3.8, 4) is 5.75 Å². The van der Waals surface area contributed by atoms with E-state index in [1.54, 1.807) is 0 Å². The molecule has 0 radical (unpaired) electrons. The lowest BCUT2D eigenvalue weighted by molar-refractivity contribution is 0.532. The van der Waals surface area contributed by atoms with Crippen LogP contribution in [0, 0.1) is 6.92 Å². The third-order valence-electron chi connectivity index (χ3n) is 2.94. The summed E-state index contributed by atoms with van der Waals surface area (Å²) in [4.78, 5) is 0. The normalized spacial score (nSPS) is 11.5. The van der Waals surface area contributed by atoms with Crippen LogP contribution in [0.15, 0.2) is 24.3 Å². The van der Waals surface area contributed by atoms with Gasteiger partial charge >= 0.3 is 0 Å². The fourth-order valence-electron chi connectivity index (χ4n) is 2.18. The Balaban J connectivity index is 2.70. The van der Waals surface area contributed by atoms with Crippen LogP contribution in [0.4, 0.5) is 0 Å². The highest BCUT2D eigenvalue weighted by Crippen LogP contribution is 2.24. The van der Waals surface area contributed by atoms with Gasteiger partial charge in [0.05, 0.1) is 0 Å². The highest BCUT2D eigenvalue weighted by molar-refractivity contribution is 6.73. The Hall–Kier alpha value is -0.763. The van der Waals surface area contributed by atoms with Gasteiger partial charge in [0, 0.05) is 0 Å². The molecule has 0 amide bonds. The first-order chi connectivity index (χ1) is 7.59. The van der Waals surface area contributed by atoms with E-state index in [9.17, 15) is 0 Å². The van der Waals surface area contributed by atoms with Crippen molar-refractivity contribution in [2.75, 3.05) is 0 Å². The SMILES string of the molecule is CCC[Si](C)(CCC)Oc1ccc(C)cc1. The average Bonchev–Trinajstić information content (AvgIpc) is 2.22. The summed E-state index contributed by atoms with van der Waals surface area (Å²) in [5.74, 6) is 1.06. The first-order valence-electron chi connectivity index (χ1n) is 6.35. The number of rotatable bonds is 6. The van der Waals surface area contributed by atoms with E-state index in [1.807, 2.05) is 0 Å². The Morgan fingerprint density at radius 2 is 1.50 bits per heavy atom. The van der Waals surface area contributed by atoms with Gasteiger partial charge < -0.3 is 4.43 Å². The van der Waals surface area contributed by atoms with Crippen molar-refractivity contribution in [2.45, 2.75) is 52.2 Å². The minimum absolute atomic E-state index is 1.06. The molecule has 0 bridgehead atoms. The van der Waals surface area contributed by atoms with Crippen LogP contribution in [0.25, 0.3) is 0 Å². The molecule has 0 spiro atoms. The molecule has 1 aromatic carbocycles. The molecule has 1 aromatic rings. The highest BCUT2D eigenvalue weighted by atomic mass is 28.4. The lowest BCUT2D eigenvalue weighted by atomic mass is 10.2. The Morgan fingerprint density at radius 1 is 1.00 bits per heavy atom. The van der Waals surface area contributed by atoms with Gasteiger partial charge in [0.15, 0.2) is 0 Å². The summed E-state index contributed by atoms with van der Waals surface area (Å²) in [5.41, 5.74) is 1.29. The smallest absolute Gasteiger partial charge is 0.248 e. The van der Waals surface area contributed by atoms with Gasteiger partial charge in [-0.15, -0.1) is 0 Å². The van der Waals surface area contributed by atoms with Crippen LogP contribution < -0.4 is 4.43 Å². The summed E-state index contributed by atoms with van der Waals surface area (Å²) in [6.45, 7) is 8.97. The second-order valence-electron chi connectivity index (χ2n) is 4.87. The van der Waals surface area contributed by atoms with Crippen molar-refractivity contribution in [2.24, 2.45) is 0 Å². The van der Waals surface area contributed by atoms with Gasteiger partial charge in [0.2, 0.25) is 8.32 Å². The molecule has 0 aromatic heterocycles. The summed E-state index contributed by atoms with van der Waals surface area (Å²) in [7, 11) is -1.51. The molecule has 0 saturated carbocycles. The van der Waals surface area contributed by atoms with Crippen LogP contribution in [0.5, 0.6) is 5.75 Å². The number of benzene rings is 1. The lowest BCUT2D eigenvalue weighted by Gasteiger charge is -2.27. The zero-order chi connectivity index (χ0) is 12.0. The van der Waals surface area contributed by atoms with Crippen LogP contribution in [0.1, 0.15) is 32.3 Å². The maximum Gasteiger partial charge on any atom is 0.248 e. The third kappa shape index (κ3) is 4.01. The van der Waals surface area contributed by atoms with Crippen LogP contribution in [0.3, 0.4) is 0 Å². The van der Waals surface area contributed by atoms with Crippen molar-refractivity contribution >= 4 is 8.32 Å². The molecular formula is C14H24OSi. The Kier molecular flexibility index (Phi) is 5.06. The second kappa shape index (κ2) is 6.09. The molecule has 1 nitrogen and oxygen atoms in total. The molecule has 0 fully saturated rings. The zero-order valence-electron chi connectivity index (χ0n) is 11.0. The maximum atomic E-state index is 6.28. The minimum Gasteiger partial charge on any atom is -0.544 e.